The van der Waals surface area contributed by atoms with Crippen LogP contribution in [-0.4, -0.2) is 55.6 Å². The predicted molar refractivity (Wildman–Crippen MR) is 110 cm³/mol. The molecule has 1 fully saturated rings. The first-order valence-electron chi connectivity index (χ1n) is 9.23. The number of nitro groups is 1. The maximum atomic E-state index is 12.9. The molecule has 0 aromatic heterocycles. The minimum Gasteiger partial charge on any atom is -0.493 e. The van der Waals surface area contributed by atoms with Gasteiger partial charge >= 0.3 is 0 Å². The van der Waals surface area contributed by atoms with Gasteiger partial charge in [0.25, 0.3) is 11.6 Å². The van der Waals surface area contributed by atoms with Crippen molar-refractivity contribution in [2.75, 3.05) is 44.8 Å². The van der Waals surface area contributed by atoms with Crippen molar-refractivity contribution in [3.63, 3.8) is 0 Å². The van der Waals surface area contributed by atoms with Crippen LogP contribution in [0.15, 0.2) is 36.4 Å². The Kier molecular flexibility index (Phi) is 6.43. The number of ether oxygens (including phenoxy) is 2. The fourth-order valence-electron chi connectivity index (χ4n) is 3.32. The maximum Gasteiger partial charge on any atom is 0.294 e. The van der Waals surface area contributed by atoms with E-state index in [-0.39, 0.29) is 11.6 Å². The fraction of sp³-hybridized carbons (Fsp3) is 0.350. The van der Waals surface area contributed by atoms with Crippen LogP contribution in [0, 0.1) is 10.1 Å². The van der Waals surface area contributed by atoms with E-state index >= 15 is 0 Å². The van der Waals surface area contributed by atoms with Crippen molar-refractivity contribution in [2.24, 2.45) is 0 Å². The van der Waals surface area contributed by atoms with E-state index in [1.54, 1.807) is 35.2 Å². The lowest BCUT2D eigenvalue weighted by Gasteiger charge is -2.36. The van der Waals surface area contributed by atoms with E-state index in [2.05, 4.69) is 0 Å². The molecule has 9 heteroatoms. The quantitative estimate of drug-likeness (QED) is 0.525. The van der Waals surface area contributed by atoms with Gasteiger partial charge in [0.2, 0.25) is 0 Å². The smallest absolute Gasteiger partial charge is 0.294 e. The van der Waals surface area contributed by atoms with Crippen LogP contribution in [-0.2, 0) is 0 Å². The molecule has 1 aliphatic rings. The molecule has 0 unspecified atom stereocenters. The second kappa shape index (κ2) is 9.00. The van der Waals surface area contributed by atoms with Crippen LogP contribution in [0.1, 0.15) is 17.3 Å². The number of amides is 1. The summed E-state index contributed by atoms with van der Waals surface area (Å²) in [7, 11) is 1.53. The molecule has 0 saturated carbocycles. The minimum absolute atomic E-state index is 0.0338. The Bertz CT molecular complexity index is 913. The van der Waals surface area contributed by atoms with Crippen LogP contribution < -0.4 is 14.4 Å². The van der Waals surface area contributed by atoms with Crippen molar-refractivity contribution in [3.05, 3.63) is 57.1 Å². The van der Waals surface area contributed by atoms with Gasteiger partial charge in [-0.15, -0.1) is 0 Å². The predicted octanol–water partition coefficient (Wildman–Crippen LogP) is 3.62. The zero-order valence-corrected chi connectivity index (χ0v) is 17.0. The van der Waals surface area contributed by atoms with Gasteiger partial charge in [0.15, 0.2) is 11.5 Å². The average molecular weight is 420 g/mol. The molecule has 1 amide bonds. The zero-order valence-electron chi connectivity index (χ0n) is 16.3. The highest BCUT2D eigenvalue weighted by Crippen LogP contribution is 2.32. The van der Waals surface area contributed by atoms with E-state index in [1.807, 2.05) is 11.8 Å². The number of anilines is 1. The Balaban J connectivity index is 1.71. The van der Waals surface area contributed by atoms with Crippen LogP contribution in [0.3, 0.4) is 0 Å². The van der Waals surface area contributed by atoms with Gasteiger partial charge in [0.1, 0.15) is 5.69 Å². The highest BCUT2D eigenvalue weighted by atomic mass is 35.5. The molecule has 0 aliphatic carbocycles. The topological polar surface area (TPSA) is 85.2 Å². The summed E-state index contributed by atoms with van der Waals surface area (Å²) in [5.41, 5.74) is 0.985. The molecule has 0 atom stereocenters. The molecule has 29 heavy (non-hydrogen) atoms. The van der Waals surface area contributed by atoms with Gasteiger partial charge in [-0.3, -0.25) is 14.9 Å². The van der Waals surface area contributed by atoms with E-state index in [1.165, 1.54) is 13.2 Å². The van der Waals surface area contributed by atoms with Gasteiger partial charge in [-0.2, -0.15) is 0 Å². The third-order valence-electron chi connectivity index (χ3n) is 4.75. The minimum atomic E-state index is -0.440. The molecule has 8 nitrogen and oxygen atoms in total. The normalized spacial score (nSPS) is 13.9. The summed E-state index contributed by atoms with van der Waals surface area (Å²) >= 11 is 5.89. The summed E-state index contributed by atoms with van der Waals surface area (Å²) in [5, 5.41) is 11.7. The number of piperazine rings is 1. The molecule has 0 N–H and O–H groups in total. The maximum absolute atomic E-state index is 12.9. The zero-order chi connectivity index (χ0) is 21.0. The number of hydrogen-bond donors (Lipinski definition) is 0. The van der Waals surface area contributed by atoms with Gasteiger partial charge in [0, 0.05) is 42.8 Å². The van der Waals surface area contributed by atoms with Crippen molar-refractivity contribution >= 4 is 28.9 Å². The Hall–Kier alpha value is -3.00. The largest absolute Gasteiger partial charge is 0.493 e. The number of hydrogen-bond acceptors (Lipinski definition) is 6. The summed E-state index contributed by atoms with van der Waals surface area (Å²) in [5.74, 6) is 0.983. The number of carbonyl (C=O) groups excluding carboxylic acids is 1. The van der Waals surface area contributed by atoms with Gasteiger partial charge in [-0.25, -0.2) is 0 Å². The van der Waals surface area contributed by atoms with Gasteiger partial charge < -0.3 is 19.3 Å². The molecule has 0 spiro atoms. The Morgan fingerprint density at radius 1 is 1.14 bits per heavy atom. The number of halogens is 1. The molecule has 3 rings (SSSR count). The van der Waals surface area contributed by atoms with Crippen molar-refractivity contribution in [3.8, 4) is 11.5 Å². The molecular weight excluding hydrogens is 398 g/mol. The number of nitro benzene ring substituents is 1. The highest BCUT2D eigenvalue weighted by molar-refractivity contribution is 6.30. The van der Waals surface area contributed by atoms with Crippen molar-refractivity contribution in [1.82, 2.24) is 4.90 Å². The second-order valence-corrected chi connectivity index (χ2v) is 6.90. The third-order valence-corrected chi connectivity index (χ3v) is 4.99. The summed E-state index contributed by atoms with van der Waals surface area (Å²) in [6, 6.07) is 9.74. The average Bonchev–Trinajstić information content (AvgIpc) is 2.73. The van der Waals surface area contributed by atoms with Gasteiger partial charge in [0.05, 0.1) is 18.6 Å². The Labute approximate surface area is 173 Å². The molecule has 0 bridgehead atoms. The number of carbonyl (C=O) groups is 1. The summed E-state index contributed by atoms with van der Waals surface area (Å²) in [6.07, 6.45) is 0. The standard InChI is InChI=1S/C20H22ClN3O5/c1-3-29-18-7-4-14(12-19(18)28-2)20(25)23-10-8-22(9-11-23)16-6-5-15(21)13-17(16)24(26)27/h4-7,12-13H,3,8-11H2,1-2H3. The summed E-state index contributed by atoms with van der Waals surface area (Å²) in [6.45, 7) is 4.26. The first-order chi connectivity index (χ1) is 13.9. The van der Waals surface area contributed by atoms with Crippen molar-refractivity contribution in [1.29, 1.82) is 0 Å². The van der Waals surface area contributed by atoms with E-state index in [0.717, 1.165) is 0 Å². The molecule has 2 aromatic carbocycles. The Morgan fingerprint density at radius 2 is 1.86 bits per heavy atom. The van der Waals surface area contributed by atoms with Crippen LogP contribution >= 0.6 is 11.6 Å². The monoisotopic (exact) mass is 419 g/mol. The summed E-state index contributed by atoms with van der Waals surface area (Å²) < 4.78 is 10.8. The van der Waals surface area contributed by atoms with E-state index in [4.69, 9.17) is 21.1 Å². The first kappa shape index (κ1) is 20.7. The lowest BCUT2D eigenvalue weighted by molar-refractivity contribution is -0.384. The molecule has 1 saturated heterocycles. The van der Waals surface area contributed by atoms with Crippen LogP contribution in [0.4, 0.5) is 11.4 Å². The van der Waals surface area contributed by atoms with Crippen molar-refractivity contribution < 1.29 is 19.2 Å². The molecule has 1 aliphatic heterocycles. The molecular formula is C20H22ClN3O5. The van der Waals surface area contributed by atoms with Crippen LogP contribution in [0.5, 0.6) is 11.5 Å². The molecule has 0 radical (unpaired) electrons. The number of nitrogens with zero attached hydrogens (tertiary/aromatic N) is 3. The Morgan fingerprint density at radius 3 is 2.48 bits per heavy atom. The lowest BCUT2D eigenvalue weighted by Crippen LogP contribution is -2.49. The highest BCUT2D eigenvalue weighted by Gasteiger charge is 2.27. The van der Waals surface area contributed by atoms with E-state index < -0.39 is 4.92 Å². The number of rotatable bonds is 6. The van der Waals surface area contributed by atoms with Gasteiger partial charge in [-0.1, -0.05) is 11.6 Å². The molecule has 1 heterocycles. The SMILES string of the molecule is CCOc1ccc(C(=O)N2CCN(c3ccc(Cl)cc3[N+](=O)[O-])CC2)cc1OC. The molecule has 2 aromatic rings. The lowest BCUT2D eigenvalue weighted by atomic mass is 10.1. The molecule has 154 valence electrons. The van der Waals surface area contributed by atoms with E-state index in [9.17, 15) is 14.9 Å². The first-order valence-corrected chi connectivity index (χ1v) is 9.61. The van der Waals surface area contributed by atoms with Crippen LogP contribution in [0.25, 0.3) is 0 Å². The van der Waals surface area contributed by atoms with Crippen molar-refractivity contribution in [2.45, 2.75) is 6.92 Å². The van der Waals surface area contributed by atoms with Crippen LogP contribution in [0.2, 0.25) is 5.02 Å². The number of benzene rings is 2. The van der Waals surface area contributed by atoms with E-state index in [0.29, 0.717) is 60.6 Å². The third kappa shape index (κ3) is 4.54. The summed E-state index contributed by atoms with van der Waals surface area (Å²) in [4.78, 5) is 27.4. The fourth-order valence-corrected chi connectivity index (χ4v) is 3.48. The second-order valence-electron chi connectivity index (χ2n) is 6.47. The number of methoxy groups -OCH3 is 1. The van der Waals surface area contributed by atoms with Gasteiger partial charge in [-0.05, 0) is 37.3 Å².